The van der Waals surface area contributed by atoms with Crippen molar-refractivity contribution in [3.05, 3.63) is 0 Å². The molecule has 0 aliphatic heterocycles. The molecule has 0 atom stereocenters. The predicted molar refractivity (Wildman–Crippen MR) is 46.5 cm³/mol. The summed E-state index contributed by atoms with van der Waals surface area (Å²) in [5.74, 6) is 0. The Balaban J connectivity index is -0.0000000651. The van der Waals surface area contributed by atoms with Crippen molar-refractivity contribution in [2.45, 2.75) is 32.6 Å². The molecule has 0 bridgehead atoms. The van der Waals surface area contributed by atoms with Crippen LogP contribution in [0.25, 0.3) is 0 Å². The zero-order chi connectivity index (χ0) is 10.0. The number of rotatable bonds is 4. The summed E-state index contributed by atoms with van der Waals surface area (Å²) < 4.78 is 31.6. The summed E-state index contributed by atoms with van der Waals surface area (Å²) in [7, 11) is -4.67. The first-order valence-corrected chi connectivity index (χ1v) is 5.12. The van der Waals surface area contributed by atoms with E-state index in [9.17, 15) is 0 Å². The van der Waals surface area contributed by atoms with Crippen molar-refractivity contribution >= 4 is 10.4 Å². The minimum atomic E-state index is -4.67. The third kappa shape index (κ3) is 59.3. The average Bonchev–Trinajstić information content (AvgIpc) is 1.85. The second-order valence-electron chi connectivity index (χ2n) is 2.23. The van der Waals surface area contributed by atoms with Crippen LogP contribution in [-0.2, 0) is 10.4 Å². The molecule has 0 aromatic carbocycles. The van der Waals surface area contributed by atoms with Gasteiger partial charge in [0.15, 0.2) is 0 Å². The number of hydrogen-bond acceptors (Lipinski definition) is 3. The Morgan fingerprint density at radius 2 is 1.54 bits per heavy atom. The van der Waals surface area contributed by atoms with E-state index in [1.165, 1.54) is 19.3 Å². The van der Waals surface area contributed by atoms with Gasteiger partial charge in [-0.1, -0.05) is 26.2 Å². The molecule has 5 nitrogen and oxygen atoms in total. The minimum absolute atomic E-state index is 0. The van der Waals surface area contributed by atoms with Crippen LogP contribution in [0.4, 0.5) is 0 Å². The standard InChI is InChI=1S/C6H14O.K.H2O4S.H/c1-2-3-4-5-6-7;;1-5(2,3)4;/h7H,2-6H2,1H3;;(H2,1,2,3,4);/q;+1;;-1. The van der Waals surface area contributed by atoms with Gasteiger partial charge >= 0.3 is 61.8 Å². The van der Waals surface area contributed by atoms with Gasteiger partial charge < -0.3 is 6.53 Å². The maximum Gasteiger partial charge on any atom is 1.00 e. The molecule has 7 heteroatoms. The van der Waals surface area contributed by atoms with Gasteiger partial charge in [0.2, 0.25) is 0 Å². The van der Waals surface area contributed by atoms with Gasteiger partial charge in [-0.25, -0.2) is 0 Å². The van der Waals surface area contributed by atoms with Crippen LogP contribution in [-0.4, -0.2) is 29.2 Å². The van der Waals surface area contributed by atoms with Crippen molar-refractivity contribution in [3.8, 4) is 0 Å². The monoisotopic (exact) mass is 240 g/mol. The first kappa shape index (κ1) is 20.0. The van der Waals surface area contributed by atoms with E-state index < -0.39 is 10.4 Å². The summed E-state index contributed by atoms with van der Waals surface area (Å²) in [6, 6.07) is 0. The molecule has 0 rings (SSSR count). The predicted octanol–water partition coefficient (Wildman–Crippen LogP) is -1.98. The summed E-state index contributed by atoms with van der Waals surface area (Å²) in [5, 5.41) is 8.29. The Bertz CT molecular complexity index is 161. The summed E-state index contributed by atoms with van der Waals surface area (Å²) in [5.41, 5.74) is 0. The topological polar surface area (TPSA) is 94.8 Å². The largest absolute Gasteiger partial charge is 1.00 e. The average molecular weight is 240 g/mol. The molecule has 0 aliphatic carbocycles. The van der Waals surface area contributed by atoms with E-state index in [1.54, 1.807) is 0 Å². The molecule has 0 saturated heterocycles. The van der Waals surface area contributed by atoms with E-state index in [0.29, 0.717) is 6.61 Å². The molecule has 3 N–H and O–H groups in total. The fraction of sp³-hybridized carbons (Fsp3) is 1.00. The maximum atomic E-state index is 8.74. The molecule has 0 aromatic heterocycles. The van der Waals surface area contributed by atoms with Crippen molar-refractivity contribution in [2.75, 3.05) is 6.61 Å². The Kier molecular flexibility index (Phi) is 20.7. The summed E-state index contributed by atoms with van der Waals surface area (Å²) >= 11 is 0. The minimum Gasteiger partial charge on any atom is -1.00 e. The van der Waals surface area contributed by atoms with Gasteiger partial charge in [0.1, 0.15) is 0 Å². The van der Waals surface area contributed by atoms with Gasteiger partial charge in [0.25, 0.3) is 0 Å². The first-order chi connectivity index (χ1) is 5.41. The molecule has 0 spiro atoms. The van der Waals surface area contributed by atoms with Crippen molar-refractivity contribution in [1.82, 2.24) is 0 Å². The second kappa shape index (κ2) is 13.5. The van der Waals surface area contributed by atoms with Crippen molar-refractivity contribution in [3.63, 3.8) is 0 Å². The van der Waals surface area contributed by atoms with Gasteiger partial charge in [-0.2, -0.15) is 8.42 Å². The number of aliphatic hydroxyl groups is 1. The van der Waals surface area contributed by atoms with Crippen molar-refractivity contribution < 1.29 is 75.4 Å². The van der Waals surface area contributed by atoms with Crippen LogP contribution in [0.15, 0.2) is 0 Å². The fourth-order valence-corrected chi connectivity index (χ4v) is 0.539. The first-order valence-electron chi connectivity index (χ1n) is 3.72. The Labute approximate surface area is 123 Å². The molecule has 0 saturated carbocycles. The van der Waals surface area contributed by atoms with Crippen LogP contribution in [0.3, 0.4) is 0 Å². The molecule has 0 amide bonds. The molecule has 78 valence electrons. The second-order valence-corrected chi connectivity index (χ2v) is 3.13. The summed E-state index contributed by atoms with van der Waals surface area (Å²) in [6.45, 7) is 2.53. The van der Waals surface area contributed by atoms with Crippen molar-refractivity contribution in [2.24, 2.45) is 0 Å². The van der Waals surface area contributed by atoms with E-state index in [-0.39, 0.29) is 52.8 Å². The molecule has 0 aliphatic rings. The van der Waals surface area contributed by atoms with Gasteiger partial charge in [-0.15, -0.1) is 0 Å². The number of unbranched alkanes of at least 4 members (excludes halogenated alkanes) is 3. The Morgan fingerprint density at radius 1 is 1.15 bits per heavy atom. The van der Waals surface area contributed by atoms with Gasteiger partial charge in [-0.05, 0) is 6.42 Å². The van der Waals surface area contributed by atoms with E-state index in [4.69, 9.17) is 22.6 Å². The molecule has 0 radical (unpaired) electrons. The van der Waals surface area contributed by atoms with E-state index in [1.807, 2.05) is 0 Å². The molecule has 0 fully saturated rings. The maximum absolute atomic E-state index is 8.74. The molecule has 13 heavy (non-hydrogen) atoms. The van der Waals surface area contributed by atoms with Crippen molar-refractivity contribution in [1.29, 1.82) is 0 Å². The molecule has 0 unspecified atom stereocenters. The Hall–Kier alpha value is 1.47. The Morgan fingerprint density at radius 3 is 1.77 bits per heavy atom. The third-order valence-corrected chi connectivity index (χ3v) is 1.01. The van der Waals surface area contributed by atoms with Gasteiger partial charge in [0.05, 0.1) is 0 Å². The normalized spacial score (nSPS) is 9.54. The third-order valence-electron chi connectivity index (χ3n) is 1.01. The van der Waals surface area contributed by atoms with Crippen LogP contribution in [0, 0.1) is 0 Å². The molecule has 0 heterocycles. The molecular weight excluding hydrogens is 223 g/mol. The van der Waals surface area contributed by atoms with E-state index in [2.05, 4.69) is 6.92 Å². The quantitative estimate of drug-likeness (QED) is 0.301. The van der Waals surface area contributed by atoms with E-state index in [0.717, 1.165) is 6.42 Å². The van der Waals surface area contributed by atoms with E-state index >= 15 is 0 Å². The molecule has 0 aromatic rings. The SMILES string of the molecule is CCCCCCO.O=S(=O)(O)O.[H-].[K+]. The van der Waals surface area contributed by atoms with Crippen LogP contribution < -0.4 is 51.4 Å². The van der Waals surface area contributed by atoms with Gasteiger partial charge in [0, 0.05) is 6.61 Å². The molecular formula is C6H17KO5S. The fourth-order valence-electron chi connectivity index (χ4n) is 0.539. The zero-order valence-corrected chi connectivity index (χ0v) is 12.0. The van der Waals surface area contributed by atoms with Gasteiger partial charge in [-0.3, -0.25) is 9.11 Å². The number of aliphatic hydroxyl groups excluding tert-OH is 1. The smallest absolute Gasteiger partial charge is 1.00 e. The van der Waals surface area contributed by atoms with Crippen LogP contribution in [0.1, 0.15) is 34.0 Å². The summed E-state index contributed by atoms with van der Waals surface area (Å²) in [6.07, 6.45) is 4.68. The van der Waals surface area contributed by atoms with Crippen LogP contribution >= 0.6 is 0 Å². The van der Waals surface area contributed by atoms with Crippen LogP contribution in [0.5, 0.6) is 0 Å². The van der Waals surface area contributed by atoms with Crippen LogP contribution in [0.2, 0.25) is 0 Å². The number of hydrogen-bond donors (Lipinski definition) is 3. The zero-order valence-electron chi connectivity index (χ0n) is 9.10. The summed E-state index contributed by atoms with van der Waals surface area (Å²) in [4.78, 5) is 0.